The van der Waals surface area contributed by atoms with Crippen molar-refractivity contribution in [2.75, 3.05) is 13.1 Å². The van der Waals surface area contributed by atoms with Crippen LogP contribution in [0.5, 0.6) is 0 Å². The van der Waals surface area contributed by atoms with Crippen molar-refractivity contribution in [2.24, 2.45) is 11.3 Å². The molecule has 1 unspecified atom stereocenters. The summed E-state index contributed by atoms with van der Waals surface area (Å²) in [6.07, 6.45) is 2.39. The Morgan fingerprint density at radius 3 is 2.65 bits per heavy atom. The van der Waals surface area contributed by atoms with E-state index in [0.717, 1.165) is 19.0 Å². The summed E-state index contributed by atoms with van der Waals surface area (Å²) >= 11 is 5.39. The van der Waals surface area contributed by atoms with Gasteiger partial charge in [-0.3, -0.25) is 0 Å². The molecule has 17 heavy (non-hydrogen) atoms. The van der Waals surface area contributed by atoms with Gasteiger partial charge in [0.15, 0.2) is 0 Å². The van der Waals surface area contributed by atoms with Gasteiger partial charge in [-0.25, -0.2) is 0 Å². The second-order valence-electron chi connectivity index (χ2n) is 5.60. The number of thiophene rings is 1. The predicted molar refractivity (Wildman–Crippen MR) is 81.8 cm³/mol. The number of rotatable bonds is 7. The van der Waals surface area contributed by atoms with E-state index in [1.165, 1.54) is 22.2 Å². The van der Waals surface area contributed by atoms with Crippen molar-refractivity contribution in [3.8, 4) is 0 Å². The molecule has 0 aromatic carbocycles. The average molecular weight is 318 g/mol. The van der Waals surface area contributed by atoms with E-state index < -0.39 is 0 Å². The molecule has 3 heteroatoms. The summed E-state index contributed by atoms with van der Waals surface area (Å²) in [5, 5.41) is 5.77. The van der Waals surface area contributed by atoms with Gasteiger partial charge in [-0.15, -0.1) is 11.3 Å². The van der Waals surface area contributed by atoms with Crippen molar-refractivity contribution in [3.05, 3.63) is 20.8 Å². The molecule has 0 aliphatic rings. The SMILES string of the molecule is CCC(C)(CNCC(C)C)Cc1cc(Br)cs1. The van der Waals surface area contributed by atoms with Crippen LogP contribution in [0.15, 0.2) is 15.9 Å². The van der Waals surface area contributed by atoms with Gasteiger partial charge in [0.2, 0.25) is 0 Å². The van der Waals surface area contributed by atoms with Crippen LogP contribution < -0.4 is 5.32 Å². The highest BCUT2D eigenvalue weighted by Crippen LogP contribution is 2.30. The van der Waals surface area contributed by atoms with Crippen LogP contribution in [-0.2, 0) is 6.42 Å². The van der Waals surface area contributed by atoms with Gasteiger partial charge in [0.05, 0.1) is 0 Å². The monoisotopic (exact) mass is 317 g/mol. The average Bonchev–Trinajstić information content (AvgIpc) is 2.63. The van der Waals surface area contributed by atoms with Crippen LogP contribution in [0, 0.1) is 11.3 Å². The summed E-state index contributed by atoms with van der Waals surface area (Å²) < 4.78 is 1.21. The van der Waals surface area contributed by atoms with Gasteiger partial charge in [0, 0.05) is 21.3 Å². The molecular weight excluding hydrogens is 294 g/mol. The van der Waals surface area contributed by atoms with E-state index >= 15 is 0 Å². The molecular formula is C14H24BrNS. The quantitative estimate of drug-likeness (QED) is 0.767. The molecule has 0 aliphatic heterocycles. The molecule has 1 rings (SSSR count). The third-order valence-electron chi connectivity index (χ3n) is 3.18. The van der Waals surface area contributed by atoms with Gasteiger partial charge in [0.1, 0.15) is 0 Å². The van der Waals surface area contributed by atoms with Crippen molar-refractivity contribution < 1.29 is 0 Å². The lowest BCUT2D eigenvalue weighted by Gasteiger charge is -2.28. The van der Waals surface area contributed by atoms with Crippen molar-refractivity contribution >= 4 is 27.3 Å². The van der Waals surface area contributed by atoms with Crippen LogP contribution in [0.1, 0.15) is 39.0 Å². The van der Waals surface area contributed by atoms with Gasteiger partial charge in [-0.2, -0.15) is 0 Å². The lowest BCUT2D eigenvalue weighted by atomic mass is 9.83. The maximum absolute atomic E-state index is 3.60. The van der Waals surface area contributed by atoms with Crippen LogP contribution in [-0.4, -0.2) is 13.1 Å². The van der Waals surface area contributed by atoms with Crippen LogP contribution in [0.25, 0.3) is 0 Å². The summed E-state index contributed by atoms with van der Waals surface area (Å²) in [6.45, 7) is 11.4. The first-order valence-electron chi connectivity index (χ1n) is 6.39. The fourth-order valence-electron chi connectivity index (χ4n) is 1.84. The lowest BCUT2D eigenvalue weighted by Crippen LogP contribution is -2.34. The van der Waals surface area contributed by atoms with E-state index in [1.807, 2.05) is 11.3 Å². The first-order chi connectivity index (χ1) is 7.95. The minimum Gasteiger partial charge on any atom is -0.316 e. The molecule has 1 N–H and O–H groups in total. The highest BCUT2D eigenvalue weighted by molar-refractivity contribution is 9.10. The van der Waals surface area contributed by atoms with E-state index in [2.05, 4.69) is 60.4 Å². The molecule has 0 saturated heterocycles. The molecule has 1 atom stereocenters. The Labute approximate surface area is 118 Å². The Balaban J connectivity index is 2.50. The summed E-state index contributed by atoms with van der Waals surface area (Å²) in [7, 11) is 0. The highest BCUT2D eigenvalue weighted by Gasteiger charge is 2.23. The van der Waals surface area contributed by atoms with Crippen molar-refractivity contribution in [3.63, 3.8) is 0 Å². The zero-order valence-electron chi connectivity index (χ0n) is 11.3. The molecule has 0 fully saturated rings. The normalized spacial score (nSPS) is 15.2. The number of halogens is 1. The first-order valence-corrected chi connectivity index (χ1v) is 8.06. The third-order valence-corrected chi connectivity index (χ3v) is 4.88. The summed E-state index contributed by atoms with van der Waals surface area (Å²) in [5.74, 6) is 0.729. The molecule has 0 saturated carbocycles. The van der Waals surface area contributed by atoms with Crippen molar-refractivity contribution in [1.82, 2.24) is 5.32 Å². The maximum Gasteiger partial charge on any atom is 0.0285 e. The maximum atomic E-state index is 3.60. The zero-order chi connectivity index (χ0) is 12.9. The number of nitrogens with one attached hydrogen (secondary N) is 1. The number of hydrogen-bond donors (Lipinski definition) is 1. The fourth-order valence-corrected chi connectivity index (χ4v) is 3.51. The standard InChI is InChI=1S/C14H24BrNS/c1-5-14(4,10-16-8-11(2)3)7-13-6-12(15)9-17-13/h6,9,11,16H,5,7-8,10H2,1-4H3. The Kier molecular flexibility index (Phi) is 6.18. The van der Waals surface area contributed by atoms with Crippen LogP contribution in [0.3, 0.4) is 0 Å². The third kappa shape index (κ3) is 5.54. The predicted octanol–water partition coefficient (Wildman–Crippen LogP) is 4.72. The largest absolute Gasteiger partial charge is 0.316 e. The summed E-state index contributed by atoms with van der Waals surface area (Å²) in [4.78, 5) is 1.48. The molecule has 1 nitrogen and oxygen atoms in total. The lowest BCUT2D eigenvalue weighted by molar-refractivity contribution is 0.287. The Bertz CT molecular complexity index is 335. The topological polar surface area (TPSA) is 12.0 Å². The highest BCUT2D eigenvalue weighted by atomic mass is 79.9. The molecule has 0 aliphatic carbocycles. The second-order valence-corrected chi connectivity index (χ2v) is 7.51. The molecule has 0 bridgehead atoms. The van der Waals surface area contributed by atoms with Crippen LogP contribution in [0.4, 0.5) is 0 Å². The van der Waals surface area contributed by atoms with Gasteiger partial charge < -0.3 is 5.32 Å². The first kappa shape index (κ1) is 15.2. The van der Waals surface area contributed by atoms with E-state index in [1.54, 1.807) is 0 Å². The molecule has 0 amide bonds. The molecule has 1 heterocycles. The minimum absolute atomic E-state index is 0.374. The Hall–Kier alpha value is 0.140. The summed E-state index contributed by atoms with van der Waals surface area (Å²) in [5.41, 5.74) is 0.374. The Morgan fingerprint density at radius 1 is 1.47 bits per heavy atom. The van der Waals surface area contributed by atoms with Gasteiger partial charge >= 0.3 is 0 Å². The molecule has 0 spiro atoms. The molecule has 98 valence electrons. The van der Waals surface area contributed by atoms with Crippen LogP contribution in [0.2, 0.25) is 0 Å². The van der Waals surface area contributed by atoms with E-state index in [-0.39, 0.29) is 0 Å². The fraction of sp³-hybridized carbons (Fsp3) is 0.714. The van der Waals surface area contributed by atoms with Gasteiger partial charge in [-0.05, 0) is 52.7 Å². The van der Waals surface area contributed by atoms with Crippen LogP contribution >= 0.6 is 27.3 Å². The molecule has 0 radical (unpaired) electrons. The smallest absolute Gasteiger partial charge is 0.0285 e. The van der Waals surface area contributed by atoms with Gasteiger partial charge in [0.25, 0.3) is 0 Å². The zero-order valence-corrected chi connectivity index (χ0v) is 13.7. The second kappa shape index (κ2) is 6.91. The molecule has 1 aromatic heterocycles. The summed E-state index contributed by atoms with van der Waals surface area (Å²) in [6, 6.07) is 2.25. The molecule has 1 aromatic rings. The Morgan fingerprint density at radius 2 is 2.18 bits per heavy atom. The van der Waals surface area contributed by atoms with E-state index in [0.29, 0.717) is 5.41 Å². The van der Waals surface area contributed by atoms with Crippen molar-refractivity contribution in [1.29, 1.82) is 0 Å². The van der Waals surface area contributed by atoms with E-state index in [9.17, 15) is 0 Å². The van der Waals surface area contributed by atoms with E-state index in [4.69, 9.17) is 0 Å². The van der Waals surface area contributed by atoms with Gasteiger partial charge in [-0.1, -0.05) is 27.7 Å². The van der Waals surface area contributed by atoms with Crippen molar-refractivity contribution in [2.45, 2.75) is 40.5 Å². The minimum atomic E-state index is 0.374. The number of hydrogen-bond acceptors (Lipinski definition) is 2.